The van der Waals surface area contributed by atoms with Crippen molar-refractivity contribution < 1.29 is 9.90 Å². The van der Waals surface area contributed by atoms with Crippen molar-refractivity contribution in [1.29, 1.82) is 0 Å². The van der Waals surface area contributed by atoms with Crippen molar-refractivity contribution in [1.82, 2.24) is 9.55 Å². The SMILES string of the molecule is Cc1c(C(=O)O)c(Br)c(-c2ccncc2)n1C(C)C. The number of aromatic carboxylic acids is 1. The van der Waals surface area contributed by atoms with Crippen LogP contribution in [0, 0.1) is 6.92 Å². The molecule has 0 amide bonds. The van der Waals surface area contributed by atoms with Gasteiger partial charge in [0, 0.05) is 29.7 Å². The Morgan fingerprint density at radius 1 is 1.37 bits per heavy atom. The van der Waals surface area contributed by atoms with E-state index in [1.54, 1.807) is 12.4 Å². The molecule has 5 heteroatoms. The Bertz CT molecular complexity index is 618. The Morgan fingerprint density at radius 2 is 1.95 bits per heavy atom. The fraction of sp³-hybridized carbons (Fsp3) is 0.286. The molecular weight excluding hydrogens is 308 g/mol. The zero-order chi connectivity index (χ0) is 14.2. The number of aromatic nitrogens is 2. The third kappa shape index (κ3) is 2.30. The fourth-order valence-corrected chi connectivity index (χ4v) is 3.22. The normalized spacial score (nSPS) is 11.0. The highest BCUT2D eigenvalue weighted by molar-refractivity contribution is 9.10. The fourth-order valence-electron chi connectivity index (χ4n) is 2.34. The number of pyridine rings is 1. The molecule has 0 atom stereocenters. The second-order valence-corrected chi connectivity index (χ2v) is 5.42. The molecule has 2 aromatic rings. The van der Waals surface area contributed by atoms with E-state index in [0.29, 0.717) is 10.0 Å². The first-order valence-electron chi connectivity index (χ1n) is 5.99. The Hall–Kier alpha value is -1.62. The van der Waals surface area contributed by atoms with Crippen LogP contribution in [0.2, 0.25) is 0 Å². The number of carbonyl (C=O) groups is 1. The molecule has 19 heavy (non-hydrogen) atoms. The van der Waals surface area contributed by atoms with Crippen LogP contribution in [0.15, 0.2) is 29.0 Å². The molecule has 0 aliphatic heterocycles. The molecule has 0 unspecified atom stereocenters. The lowest BCUT2D eigenvalue weighted by atomic mass is 10.1. The summed E-state index contributed by atoms with van der Waals surface area (Å²) in [5, 5.41) is 9.36. The maximum absolute atomic E-state index is 11.4. The smallest absolute Gasteiger partial charge is 0.338 e. The summed E-state index contributed by atoms with van der Waals surface area (Å²) in [6, 6.07) is 3.93. The van der Waals surface area contributed by atoms with E-state index in [1.165, 1.54) is 0 Å². The van der Waals surface area contributed by atoms with Crippen molar-refractivity contribution in [3.63, 3.8) is 0 Å². The summed E-state index contributed by atoms with van der Waals surface area (Å²) >= 11 is 3.44. The number of hydrogen-bond acceptors (Lipinski definition) is 2. The average molecular weight is 323 g/mol. The van der Waals surface area contributed by atoms with E-state index in [4.69, 9.17) is 0 Å². The van der Waals surface area contributed by atoms with Gasteiger partial charge in [0.25, 0.3) is 0 Å². The number of carboxylic acids is 1. The van der Waals surface area contributed by atoms with E-state index < -0.39 is 5.97 Å². The van der Waals surface area contributed by atoms with Gasteiger partial charge in [0.1, 0.15) is 0 Å². The molecule has 0 spiro atoms. The summed E-state index contributed by atoms with van der Waals surface area (Å²) in [6.45, 7) is 5.91. The second kappa shape index (κ2) is 5.17. The van der Waals surface area contributed by atoms with Crippen LogP contribution in [0.3, 0.4) is 0 Å². The highest BCUT2D eigenvalue weighted by Gasteiger charge is 2.25. The van der Waals surface area contributed by atoms with Gasteiger partial charge < -0.3 is 9.67 Å². The Balaban J connectivity index is 2.80. The quantitative estimate of drug-likeness (QED) is 0.932. The number of rotatable bonds is 3. The van der Waals surface area contributed by atoms with E-state index in [2.05, 4.69) is 20.9 Å². The van der Waals surface area contributed by atoms with Crippen molar-refractivity contribution in [2.45, 2.75) is 26.8 Å². The molecule has 2 heterocycles. The van der Waals surface area contributed by atoms with E-state index >= 15 is 0 Å². The molecule has 100 valence electrons. The van der Waals surface area contributed by atoms with Gasteiger partial charge in [0.2, 0.25) is 0 Å². The highest BCUT2D eigenvalue weighted by Crippen LogP contribution is 2.37. The van der Waals surface area contributed by atoms with Crippen LogP contribution in [0.5, 0.6) is 0 Å². The third-order valence-corrected chi connectivity index (χ3v) is 3.85. The molecule has 4 nitrogen and oxygen atoms in total. The molecule has 0 radical (unpaired) electrons. The van der Waals surface area contributed by atoms with E-state index in [1.807, 2.05) is 37.5 Å². The van der Waals surface area contributed by atoms with Gasteiger partial charge in [-0.2, -0.15) is 0 Å². The van der Waals surface area contributed by atoms with Crippen LogP contribution >= 0.6 is 15.9 Å². The minimum absolute atomic E-state index is 0.174. The zero-order valence-corrected chi connectivity index (χ0v) is 12.6. The first-order valence-corrected chi connectivity index (χ1v) is 6.78. The van der Waals surface area contributed by atoms with Crippen molar-refractivity contribution >= 4 is 21.9 Å². The number of nitrogens with zero attached hydrogens (tertiary/aromatic N) is 2. The van der Waals surface area contributed by atoms with Gasteiger partial charge in [0.05, 0.1) is 15.7 Å². The lowest BCUT2D eigenvalue weighted by molar-refractivity contribution is 0.0695. The summed E-state index contributed by atoms with van der Waals surface area (Å²) in [6.07, 6.45) is 3.41. The van der Waals surface area contributed by atoms with Crippen molar-refractivity contribution in [3.05, 3.63) is 40.3 Å². The lowest BCUT2D eigenvalue weighted by Crippen LogP contribution is -2.06. The topological polar surface area (TPSA) is 55.1 Å². The van der Waals surface area contributed by atoms with Crippen molar-refractivity contribution in [2.24, 2.45) is 0 Å². The van der Waals surface area contributed by atoms with Gasteiger partial charge in [-0.15, -0.1) is 0 Å². The summed E-state index contributed by atoms with van der Waals surface area (Å²) in [5.41, 5.74) is 2.90. The van der Waals surface area contributed by atoms with Gasteiger partial charge in [0.15, 0.2) is 0 Å². The third-order valence-electron chi connectivity index (χ3n) is 3.08. The molecule has 0 bridgehead atoms. The summed E-state index contributed by atoms with van der Waals surface area (Å²) in [5.74, 6) is -0.918. The minimum Gasteiger partial charge on any atom is -0.478 e. The van der Waals surface area contributed by atoms with E-state index in [9.17, 15) is 9.90 Å². The van der Waals surface area contributed by atoms with E-state index in [0.717, 1.165) is 17.0 Å². The molecule has 0 saturated carbocycles. The van der Waals surface area contributed by atoms with Crippen LogP contribution in [-0.4, -0.2) is 20.6 Å². The van der Waals surface area contributed by atoms with E-state index in [-0.39, 0.29) is 6.04 Å². The van der Waals surface area contributed by atoms with Gasteiger partial charge in [-0.05, 0) is 48.8 Å². The molecule has 0 saturated heterocycles. The number of hydrogen-bond donors (Lipinski definition) is 1. The minimum atomic E-state index is -0.918. The Labute approximate surface area is 120 Å². The lowest BCUT2D eigenvalue weighted by Gasteiger charge is -2.15. The molecule has 2 aromatic heterocycles. The molecular formula is C14H15BrN2O2. The van der Waals surface area contributed by atoms with Crippen LogP contribution in [0.1, 0.15) is 35.9 Å². The van der Waals surface area contributed by atoms with Crippen molar-refractivity contribution in [2.75, 3.05) is 0 Å². The molecule has 0 aromatic carbocycles. The molecule has 2 rings (SSSR count). The Kier molecular flexibility index (Phi) is 3.75. The molecule has 0 aliphatic rings. The zero-order valence-electron chi connectivity index (χ0n) is 11.0. The predicted molar refractivity (Wildman–Crippen MR) is 77.4 cm³/mol. The Morgan fingerprint density at radius 3 is 2.42 bits per heavy atom. The van der Waals surface area contributed by atoms with Crippen LogP contribution in [0.25, 0.3) is 11.3 Å². The van der Waals surface area contributed by atoms with Gasteiger partial charge in [-0.25, -0.2) is 4.79 Å². The summed E-state index contributed by atoms with van der Waals surface area (Å²) in [4.78, 5) is 15.4. The number of halogens is 1. The van der Waals surface area contributed by atoms with Crippen LogP contribution in [0.4, 0.5) is 0 Å². The average Bonchev–Trinajstić information content (AvgIpc) is 2.61. The maximum atomic E-state index is 11.4. The molecule has 0 aliphatic carbocycles. The highest BCUT2D eigenvalue weighted by atomic mass is 79.9. The van der Waals surface area contributed by atoms with Crippen LogP contribution in [-0.2, 0) is 0 Å². The summed E-state index contributed by atoms with van der Waals surface area (Å²) < 4.78 is 2.65. The first-order chi connectivity index (χ1) is 8.95. The van der Waals surface area contributed by atoms with Gasteiger partial charge >= 0.3 is 5.97 Å². The number of carboxylic acid groups (broad SMARTS) is 1. The van der Waals surface area contributed by atoms with Gasteiger partial charge in [-0.1, -0.05) is 0 Å². The van der Waals surface area contributed by atoms with Crippen molar-refractivity contribution in [3.8, 4) is 11.3 Å². The standard InChI is InChI=1S/C14H15BrN2O2/c1-8(2)17-9(3)11(14(18)19)12(15)13(17)10-4-6-16-7-5-10/h4-8H,1-3H3,(H,18,19). The second-order valence-electron chi connectivity index (χ2n) is 4.63. The van der Waals surface area contributed by atoms with Gasteiger partial charge in [-0.3, -0.25) is 4.98 Å². The molecule has 1 N–H and O–H groups in total. The van der Waals surface area contributed by atoms with Crippen LogP contribution < -0.4 is 0 Å². The maximum Gasteiger partial charge on any atom is 0.338 e. The first kappa shape index (κ1) is 13.8. The largest absolute Gasteiger partial charge is 0.478 e. The predicted octanol–water partition coefficient (Wildman–Crippen LogP) is 3.90. The summed E-state index contributed by atoms with van der Waals surface area (Å²) in [7, 11) is 0. The molecule has 0 fully saturated rings. The monoisotopic (exact) mass is 322 g/mol.